The van der Waals surface area contributed by atoms with Gasteiger partial charge in [-0.15, -0.1) is 11.3 Å². The first-order valence-electron chi connectivity index (χ1n) is 6.12. The highest BCUT2D eigenvalue weighted by molar-refractivity contribution is 7.17. The van der Waals surface area contributed by atoms with Gasteiger partial charge in [0.05, 0.1) is 13.0 Å². The molecule has 3 nitrogen and oxygen atoms in total. The number of nitrogens with one attached hydrogen (secondary N) is 1. The Morgan fingerprint density at radius 2 is 2.28 bits per heavy atom. The molecule has 1 N–H and O–H groups in total. The molecule has 1 heterocycles. The normalized spacial score (nSPS) is 10.7. The summed E-state index contributed by atoms with van der Waals surface area (Å²) in [5.74, 6) is -0.140. The molecule has 0 aliphatic heterocycles. The molecule has 4 heteroatoms. The zero-order valence-corrected chi connectivity index (χ0v) is 11.3. The smallest absolute Gasteiger partial charge is 0.307 e. The first kappa shape index (κ1) is 13.1. The number of benzene rings is 1. The lowest BCUT2D eigenvalue weighted by molar-refractivity contribution is -0.142. The van der Waals surface area contributed by atoms with Crippen molar-refractivity contribution in [2.24, 2.45) is 0 Å². The van der Waals surface area contributed by atoms with Crippen molar-refractivity contribution in [1.29, 1.82) is 0 Å². The molecule has 0 spiro atoms. The second kappa shape index (κ2) is 6.52. The lowest BCUT2D eigenvalue weighted by atomic mass is 10.1. The summed E-state index contributed by atoms with van der Waals surface area (Å²) in [6, 6.07) is 8.57. The number of fused-ring (bicyclic) bond motifs is 1. The Labute approximate surface area is 111 Å². The maximum absolute atomic E-state index is 11.1. The fraction of sp³-hybridized carbons (Fsp3) is 0.357. The van der Waals surface area contributed by atoms with Crippen molar-refractivity contribution in [1.82, 2.24) is 5.32 Å². The van der Waals surface area contributed by atoms with Crippen LogP contribution in [0.25, 0.3) is 10.1 Å². The lowest BCUT2D eigenvalue weighted by Gasteiger charge is -2.05. The van der Waals surface area contributed by atoms with Crippen molar-refractivity contribution >= 4 is 27.4 Å². The second-order valence-corrected chi connectivity index (χ2v) is 4.97. The summed E-state index contributed by atoms with van der Waals surface area (Å²) in [5.41, 5.74) is 1.24. The summed E-state index contributed by atoms with van der Waals surface area (Å²) in [6.45, 7) is 3.71. The standard InChI is InChI=1S/C14H17NO2S/c1-2-17-14(16)5-7-15-10-11-3-4-13-12(9-11)6-8-18-13/h3-4,6,8-9,15H,2,5,7,10H2,1H3. The third-order valence-electron chi connectivity index (χ3n) is 2.66. The number of carbonyl (C=O) groups excluding carboxylic acids is 1. The van der Waals surface area contributed by atoms with E-state index in [1.165, 1.54) is 15.6 Å². The van der Waals surface area contributed by atoms with Gasteiger partial charge in [0, 0.05) is 17.8 Å². The highest BCUT2D eigenvalue weighted by Crippen LogP contribution is 2.21. The first-order valence-corrected chi connectivity index (χ1v) is 7.00. The van der Waals surface area contributed by atoms with Gasteiger partial charge in [-0.25, -0.2) is 0 Å². The van der Waals surface area contributed by atoms with Crippen molar-refractivity contribution in [2.75, 3.05) is 13.2 Å². The van der Waals surface area contributed by atoms with Crippen LogP contribution in [0, 0.1) is 0 Å². The van der Waals surface area contributed by atoms with E-state index in [1.807, 2.05) is 6.92 Å². The Morgan fingerprint density at radius 3 is 3.11 bits per heavy atom. The van der Waals surface area contributed by atoms with Crippen LogP contribution >= 0.6 is 11.3 Å². The van der Waals surface area contributed by atoms with Crippen molar-refractivity contribution in [3.05, 3.63) is 35.2 Å². The number of rotatable bonds is 6. The molecular formula is C14H17NO2S. The van der Waals surface area contributed by atoms with Gasteiger partial charge in [0.15, 0.2) is 0 Å². The molecule has 1 aromatic carbocycles. The topological polar surface area (TPSA) is 38.3 Å². The Bertz CT molecular complexity index is 521. The van der Waals surface area contributed by atoms with Crippen molar-refractivity contribution in [2.45, 2.75) is 19.9 Å². The Balaban J connectivity index is 1.77. The molecule has 0 aliphatic rings. The molecule has 1 aromatic heterocycles. The fourth-order valence-corrected chi connectivity index (χ4v) is 2.55. The summed E-state index contributed by atoms with van der Waals surface area (Å²) in [5, 5.41) is 6.63. The molecule has 2 aromatic rings. The van der Waals surface area contributed by atoms with E-state index < -0.39 is 0 Å². The molecule has 0 fully saturated rings. The van der Waals surface area contributed by atoms with Crippen LogP contribution in [-0.2, 0) is 16.1 Å². The number of ether oxygens (including phenoxy) is 1. The highest BCUT2D eigenvalue weighted by Gasteiger charge is 2.01. The van der Waals surface area contributed by atoms with Gasteiger partial charge in [-0.1, -0.05) is 6.07 Å². The highest BCUT2D eigenvalue weighted by atomic mass is 32.1. The molecule has 0 amide bonds. The molecule has 18 heavy (non-hydrogen) atoms. The molecule has 0 bridgehead atoms. The van der Waals surface area contributed by atoms with Crippen LogP contribution in [0.15, 0.2) is 29.6 Å². The Morgan fingerprint density at radius 1 is 1.39 bits per heavy atom. The summed E-state index contributed by atoms with van der Waals surface area (Å²) >= 11 is 1.75. The first-order chi connectivity index (χ1) is 8.79. The maximum Gasteiger partial charge on any atom is 0.307 e. The molecule has 0 radical (unpaired) electrons. The van der Waals surface area contributed by atoms with Crippen LogP contribution in [0.4, 0.5) is 0 Å². The van der Waals surface area contributed by atoms with Gasteiger partial charge in [0.1, 0.15) is 0 Å². The number of thiophene rings is 1. The summed E-state index contributed by atoms with van der Waals surface area (Å²) in [4.78, 5) is 11.1. The van der Waals surface area contributed by atoms with E-state index in [0.29, 0.717) is 19.6 Å². The number of esters is 1. The minimum atomic E-state index is -0.140. The molecular weight excluding hydrogens is 246 g/mol. The van der Waals surface area contributed by atoms with Gasteiger partial charge >= 0.3 is 5.97 Å². The van der Waals surface area contributed by atoms with Crippen LogP contribution in [0.1, 0.15) is 18.9 Å². The molecule has 0 saturated carbocycles. The molecule has 0 aliphatic carbocycles. The third-order valence-corrected chi connectivity index (χ3v) is 3.56. The molecule has 0 atom stereocenters. The average molecular weight is 263 g/mol. The van der Waals surface area contributed by atoms with Crippen LogP contribution in [-0.4, -0.2) is 19.1 Å². The number of hydrogen-bond donors (Lipinski definition) is 1. The predicted molar refractivity (Wildman–Crippen MR) is 74.8 cm³/mol. The van der Waals surface area contributed by atoms with Gasteiger partial charge in [0.25, 0.3) is 0 Å². The fourth-order valence-electron chi connectivity index (χ4n) is 1.78. The van der Waals surface area contributed by atoms with E-state index in [1.54, 1.807) is 11.3 Å². The Hall–Kier alpha value is -1.39. The summed E-state index contributed by atoms with van der Waals surface area (Å²) in [6.07, 6.45) is 0.425. The van der Waals surface area contributed by atoms with E-state index in [4.69, 9.17) is 4.74 Å². The van der Waals surface area contributed by atoms with E-state index >= 15 is 0 Å². The van der Waals surface area contributed by atoms with Crippen LogP contribution < -0.4 is 5.32 Å². The molecule has 2 rings (SSSR count). The minimum Gasteiger partial charge on any atom is -0.466 e. The minimum absolute atomic E-state index is 0.140. The maximum atomic E-state index is 11.1. The van der Waals surface area contributed by atoms with Gasteiger partial charge < -0.3 is 10.1 Å². The molecule has 0 unspecified atom stereocenters. The predicted octanol–water partition coefficient (Wildman–Crippen LogP) is 2.94. The van der Waals surface area contributed by atoms with Gasteiger partial charge in [0.2, 0.25) is 0 Å². The molecule has 0 saturated heterocycles. The Kier molecular flexibility index (Phi) is 4.73. The molecule has 96 valence electrons. The van der Waals surface area contributed by atoms with Gasteiger partial charge in [-0.3, -0.25) is 4.79 Å². The van der Waals surface area contributed by atoms with Crippen molar-refractivity contribution in [3.8, 4) is 0 Å². The van der Waals surface area contributed by atoms with Crippen LogP contribution in [0.2, 0.25) is 0 Å². The van der Waals surface area contributed by atoms with Crippen LogP contribution in [0.3, 0.4) is 0 Å². The van der Waals surface area contributed by atoms with Gasteiger partial charge in [-0.05, 0) is 41.5 Å². The largest absolute Gasteiger partial charge is 0.466 e. The van der Waals surface area contributed by atoms with E-state index in [2.05, 4.69) is 35.0 Å². The second-order valence-electron chi connectivity index (χ2n) is 4.02. The number of hydrogen-bond acceptors (Lipinski definition) is 4. The monoisotopic (exact) mass is 263 g/mol. The van der Waals surface area contributed by atoms with Crippen molar-refractivity contribution < 1.29 is 9.53 Å². The zero-order valence-electron chi connectivity index (χ0n) is 10.4. The summed E-state index contributed by atoms with van der Waals surface area (Å²) in [7, 11) is 0. The zero-order chi connectivity index (χ0) is 12.8. The quantitative estimate of drug-likeness (QED) is 0.643. The van der Waals surface area contributed by atoms with Gasteiger partial charge in [-0.2, -0.15) is 0 Å². The van der Waals surface area contributed by atoms with E-state index in [0.717, 1.165) is 6.54 Å². The SMILES string of the molecule is CCOC(=O)CCNCc1ccc2sccc2c1. The lowest BCUT2D eigenvalue weighted by Crippen LogP contribution is -2.18. The summed E-state index contributed by atoms with van der Waals surface area (Å²) < 4.78 is 6.17. The number of carbonyl (C=O) groups is 1. The average Bonchev–Trinajstić information content (AvgIpc) is 2.82. The van der Waals surface area contributed by atoms with E-state index in [9.17, 15) is 4.79 Å². The third kappa shape index (κ3) is 3.55. The van der Waals surface area contributed by atoms with E-state index in [-0.39, 0.29) is 5.97 Å². The van der Waals surface area contributed by atoms with Crippen molar-refractivity contribution in [3.63, 3.8) is 0 Å². The van der Waals surface area contributed by atoms with Crippen LogP contribution in [0.5, 0.6) is 0 Å².